The van der Waals surface area contributed by atoms with Crippen LogP contribution >= 0.6 is 11.6 Å². The Kier molecular flexibility index (Phi) is 6.72. The summed E-state index contributed by atoms with van der Waals surface area (Å²) in [5.74, 6) is 0.372. The Hall–Kier alpha value is -3.56. The van der Waals surface area contributed by atoms with E-state index in [0.29, 0.717) is 47.7 Å². The lowest BCUT2D eigenvalue weighted by Crippen LogP contribution is -2.55. The van der Waals surface area contributed by atoms with Crippen molar-refractivity contribution in [1.82, 2.24) is 24.8 Å². The zero-order chi connectivity index (χ0) is 27.3. The first kappa shape index (κ1) is 25.7. The number of aryl methyl sites for hydroxylation is 1. The van der Waals surface area contributed by atoms with Crippen molar-refractivity contribution >= 4 is 28.5 Å². The molecule has 39 heavy (non-hydrogen) atoms. The molecule has 2 bridgehead atoms. The van der Waals surface area contributed by atoms with Gasteiger partial charge in [0, 0.05) is 37.8 Å². The van der Waals surface area contributed by atoms with Crippen LogP contribution in [0.15, 0.2) is 41.3 Å². The van der Waals surface area contributed by atoms with Crippen molar-refractivity contribution in [2.45, 2.75) is 52.1 Å². The number of pyridine rings is 2. The molecule has 4 aromatic rings. The van der Waals surface area contributed by atoms with Crippen molar-refractivity contribution < 1.29 is 9.13 Å². The van der Waals surface area contributed by atoms with Gasteiger partial charge in [0.25, 0.3) is 0 Å². The minimum Gasteiger partial charge on any atom is -0.492 e. The maximum absolute atomic E-state index is 15.3. The van der Waals surface area contributed by atoms with Crippen LogP contribution in [0, 0.1) is 5.82 Å². The Balaban J connectivity index is 1.75. The molecule has 1 aromatic carbocycles. The highest BCUT2D eigenvalue weighted by molar-refractivity contribution is 6.34. The van der Waals surface area contributed by atoms with E-state index in [1.165, 1.54) is 10.6 Å². The molecule has 202 valence electrons. The number of nitrogens with one attached hydrogen (secondary N) is 1. The highest BCUT2D eigenvalue weighted by Gasteiger charge is 2.30. The molecule has 5 heterocycles. The van der Waals surface area contributed by atoms with E-state index in [9.17, 15) is 4.79 Å². The summed E-state index contributed by atoms with van der Waals surface area (Å²) in [6, 6.07) is 8.61. The SMILES string of the molecule is CCCc1nccc2c1-n1c(=O)nc(N3C[C@@H](C)NC[C@@H]3C)c3cc(Cl)c(nc31)-c1c(F)cccc1OCC2. The quantitative estimate of drug-likeness (QED) is 0.397. The average Bonchev–Trinajstić information content (AvgIpc) is 2.93. The normalized spacial score (nSPS) is 18.8. The molecular formula is C29H30ClFN6O2. The number of hydrogen-bond donors (Lipinski definition) is 1. The summed E-state index contributed by atoms with van der Waals surface area (Å²) in [7, 11) is 0. The van der Waals surface area contributed by atoms with Gasteiger partial charge in [-0.3, -0.25) is 4.98 Å². The summed E-state index contributed by atoms with van der Waals surface area (Å²) in [5, 5.41) is 4.35. The number of rotatable bonds is 3. The first-order valence-corrected chi connectivity index (χ1v) is 13.8. The molecule has 0 radical (unpaired) electrons. The minimum absolute atomic E-state index is 0.0869. The van der Waals surface area contributed by atoms with Crippen LogP contribution in [0.25, 0.3) is 28.0 Å². The first-order chi connectivity index (χ1) is 18.9. The Labute approximate surface area is 230 Å². The fourth-order valence-electron chi connectivity index (χ4n) is 5.58. The van der Waals surface area contributed by atoms with E-state index >= 15 is 4.39 Å². The van der Waals surface area contributed by atoms with Crippen molar-refractivity contribution in [2.75, 3.05) is 24.6 Å². The zero-order valence-electron chi connectivity index (χ0n) is 22.2. The number of benzene rings is 1. The van der Waals surface area contributed by atoms with Crippen LogP contribution in [0.5, 0.6) is 5.75 Å². The van der Waals surface area contributed by atoms with Crippen molar-refractivity contribution in [3.63, 3.8) is 0 Å². The van der Waals surface area contributed by atoms with Crippen LogP contribution in [0.1, 0.15) is 38.4 Å². The Bertz CT molecular complexity index is 1640. The van der Waals surface area contributed by atoms with Gasteiger partial charge in [-0.15, -0.1) is 0 Å². The molecule has 6 rings (SSSR count). The Morgan fingerprint density at radius 1 is 1.23 bits per heavy atom. The highest BCUT2D eigenvalue weighted by atomic mass is 35.5. The Morgan fingerprint density at radius 2 is 2.08 bits per heavy atom. The highest BCUT2D eigenvalue weighted by Crippen LogP contribution is 2.40. The summed E-state index contributed by atoms with van der Waals surface area (Å²) in [4.78, 5) is 30.3. The van der Waals surface area contributed by atoms with Crippen molar-refractivity contribution in [1.29, 1.82) is 0 Å². The topological polar surface area (TPSA) is 85.2 Å². The average molecular weight is 549 g/mol. The molecule has 10 heteroatoms. The number of halogens is 2. The number of aromatic nitrogens is 4. The largest absolute Gasteiger partial charge is 0.492 e. The van der Waals surface area contributed by atoms with Gasteiger partial charge in [-0.25, -0.2) is 18.7 Å². The number of nitrogens with zero attached hydrogens (tertiary/aromatic N) is 5. The standard InChI is InChI=1S/C29H30ClFN6O2/c1-4-6-22-26-18(9-11-32-22)10-12-39-23-8-5-7-21(31)24(23)25-20(30)13-19-27(35-29(38)37(26)28(19)34-25)36-15-16(2)33-14-17(36)3/h5,7-9,11,13,16-17,33H,4,6,10,12,14-15H2,1-3H3/t16-,17+/m1/s1. The smallest absolute Gasteiger partial charge is 0.355 e. The van der Waals surface area contributed by atoms with Crippen molar-refractivity contribution in [2.24, 2.45) is 0 Å². The maximum atomic E-state index is 15.3. The van der Waals surface area contributed by atoms with Crippen LogP contribution in [-0.2, 0) is 12.8 Å². The molecule has 0 aliphatic carbocycles. The van der Waals surface area contributed by atoms with Crippen LogP contribution < -0.4 is 20.6 Å². The molecule has 1 N–H and O–H groups in total. The van der Waals surface area contributed by atoms with Gasteiger partial charge in [0.2, 0.25) is 0 Å². The lowest BCUT2D eigenvalue weighted by atomic mass is 10.1. The van der Waals surface area contributed by atoms with Crippen molar-refractivity contribution in [3.8, 4) is 22.7 Å². The van der Waals surface area contributed by atoms with Crippen LogP contribution in [0.3, 0.4) is 0 Å². The van der Waals surface area contributed by atoms with Gasteiger partial charge in [-0.2, -0.15) is 4.98 Å². The van der Waals surface area contributed by atoms with Gasteiger partial charge in [0.05, 0.1) is 39.7 Å². The van der Waals surface area contributed by atoms with E-state index in [1.54, 1.807) is 24.4 Å². The van der Waals surface area contributed by atoms with Crippen LogP contribution in [0.4, 0.5) is 10.2 Å². The van der Waals surface area contributed by atoms with E-state index in [2.05, 4.69) is 41.0 Å². The van der Waals surface area contributed by atoms with Crippen LogP contribution in [0.2, 0.25) is 5.02 Å². The molecular weight excluding hydrogens is 519 g/mol. The number of hydrogen-bond acceptors (Lipinski definition) is 7. The van der Waals surface area contributed by atoms with Gasteiger partial charge in [0.1, 0.15) is 17.4 Å². The monoisotopic (exact) mass is 548 g/mol. The lowest BCUT2D eigenvalue weighted by Gasteiger charge is -2.38. The molecule has 1 fully saturated rings. The number of anilines is 1. The summed E-state index contributed by atoms with van der Waals surface area (Å²) >= 11 is 6.85. The number of fused-ring (bicyclic) bond motifs is 5. The molecule has 8 nitrogen and oxygen atoms in total. The Morgan fingerprint density at radius 3 is 2.90 bits per heavy atom. The van der Waals surface area contributed by atoms with Gasteiger partial charge >= 0.3 is 5.69 Å². The van der Waals surface area contributed by atoms with Gasteiger partial charge in [-0.05, 0) is 50.1 Å². The number of ether oxygens (including phenoxy) is 1. The molecule has 0 saturated carbocycles. The molecule has 2 aliphatic heterocycles. The third kappa shape index (κ3) is 4.43. The van der Waals surface area contributed by atoms with Gasteiger partial charge in [-0.1, -0.05) is 31.0 Å². The second kappa shape index (κ2) is 10.2. The summed E-state index contributed by atoms with van der Waals surface area (Å²) in [6.45, 7) is 7.93. The molecule has 2 atom stereocenters. The fourth-order valence-corrected chi connectivity index (χ4v) is 5.83. The summed E-state index contributed by atoms with van der Waals surface area (Å²) in [6.07, 6.45) is 3.75. The lowest BCUT2D eigenvalue weighted by molar-refractivity contribution is 0.321. The fraction of sp³-hybridized carbons (Fsp3) is 0.379. The molecule has 1 saturated heterocycles. The molecule has 0 spiro atoms. The predicted molar refractivity (Wildman–Crippen MR) is 151 cm³/mol. The zero-order valence-corrected chi connectivity index (χ0v) is 22.9. The van der Waals surface area contributed by atoms with E-state index in [0.717, 1.165) is 24.2 Å². The van der Waals surface area contributed by atoms with E-state index in [-0.39, 0.29) is 35.0 Å². The van der Waals surface area contributed by atoms with Gasteiger partial charge < -0.3 is 15.0 Å². The third-order valence-electron chi connectivity index (χ3n) is 7.47. The maximum Gasteiger partial charge on any atom is 0.355 e. The van der Waals surface area contributed by atoms with Gasteiger partial charge in [0.15, 0.2) is 5.65 Å². The third-order valence-corrected chi connectivity index (χ3v) is 7.76. The minimum atomic E-state index is -0.501. The van der Waals surface area contributed by atoms with Crippen LogP contribution in [-0.4, -0.2) is 51.3 Å². The summed E-state index contributed by atoms with van der Waals surface area (Å²) < 4.78 is 23.0. The molecule has 0 amide bonds. The molecule has 0 unspecified atom stereocenters. The molecule has 2 aliphatic rings. The summed E-state index contributed by atoms with van der Waals surface area (Å²) in [5.41, 5.74) is 2.61. The second-order valence-corrected chi connectivity index (χ2v) is 10.7. The van der Waals surface area contributed by atoms with E-state index in [1.807, 2.05) is 6.07 Å². The predicted octanol–water partition coefficient (Wildman–Crippen LogP) is 4.71. The number of piperazine rings is 1. The first-order valence-electron chi connectivity index (χ1n) is 13.4. The second-order valence-electron chi connectivity index (χ2n) is 10.3. The van der Waals surface area contributed by atoms with E-state index < -0.39 is 11.5 Å². The van der Waals surface area contributed by atoms with Crippen molar-refractivity contribution in [3.05, 3.63) is 69.1 Å². The van der Waals surface area contributed by atoms with E-state index in [4.69, 9.17) is 21.3 Å². The molecule has 3 aromatic heterocycles.